The summed E-state index contributed by atoms with van der Waals surface area (Å²) in [6, 6.07) is 6.04. The van der Waals surface area contributed by atoms with Gasteiger partial charge in [-0.2, -0.15) is 13.2 Å². The summed E-state index contributed by atoms with van der Waals surface area (Å²) in [4.78, 5) is 30.7. The van der Waals surface area contributed by atoms with Gasteiger partial charge >= 0.3 is 12.0 Å². The molecule has 2 aromatic heterocycles. The normalized spacial score (nSPS) is 11.4. The van der Waals surface area contributed by atoms with E-state index in [2.05, 4.69) is 15.4 Å². The van der Waals surface area contributed by atoms with Gasteiger partial charge in [0.05, 0.1) is 16.3 Å². The molecule has 0 fully saturated rings. The van der Waals surface area contributed by atoms with Crippen LogP contribution in [0.1, 0.15) is 26.5 Å². The van der Waals surface area contributed by atoms with Crippen molar-refractivity contribution in [3.63, 3.8) is 0 Å². The fourth-order valence-corrected chi connectivity index (χ4v) is 3.47. The number of nitrogens with zero attached hydrogens (tertiary/aromatic N) is 3. The number of rotatable bonds is 4. The highest BCUT2D eigenvalue weighted by Gasteiger charge is 2.38. The third-order valence-electron chi connectivity index (χ3n) is 4.17. The van der Waals surface area contributed by atoms with Crippen LogP contribution < -0.4 is 10.00 Å². The van der Waals surface area contributed by atoms with Gasteiger partial charge in [0.15, 0.2) is 5.69 Å². The minimum absolute atomic E-state index is 0.00451. The number of halogens is 6. The van der Waals surface area contributed by atoms with E-state index in [4.69, 9.17) is 34.8 Å². The van der Waals surface area contributed by atoms with Gasteiger partial charge in [-0.05, 0) is 29.2 Å². The molecule has 0 saturated carbocycles. The standard InChI is InChI=1S/C19H13Cl3F3N5O2/c1-29(2)18(32)10-6-9(20)7-12(22)15(10)27-17(31)13-8-14(19(23,24)25)28-30(13)16-11(21)4-3-5-26-16/h3-8H,1-2H3,(H,27,31,32)/p+1. The van der Waals surface area contributed by atoms with Crippen molar-refractivity contribution in [1.82, 2.24) is 15.0 Å². The largest absolute Gasteiger partial charge is 0.434 e. The molecule has 2 amide bonds. The monoisotopic (exact) mass is 506 g/mol. The number of nitrogens with one attached hydrogen (secondary N) is 2. The zero-order chi connectivity index (χ0) is 23.8. The quantitative estimate of drug-likeness (QED) is 0.506. The van der Waals surface area contributed by atoms with Gasteiger partial charge in [-0.25, -0.2) is 5.10 Å². The maximum absolute atomic E-state index is 13.3. The molecule has 0 radical (unpaired) electrons. The van der Waals surface area contributed by atoms with E-state index in [1.807, 2.05) is 0 Å². The molecule has 0 unspecified atom stereocenters. The first-order valence-corrected chi connectivity index (χ1v) is 9.88. The molecule has 2 N–H and O–H groups in total. The number of amides is 2. The van der Waals surface area contributed by atoms with E-state index < -0.39 is 29.4 Å². The molecule has 0 spiro atoms. The highest BCUT2D eigenvalue weighted by molar-refractivity contribution is 6.38. The van der Waals surface area contributed by atoms with E-state index in [1.165, 1.54) is 49.5 Å². The number of benzene rings is 1. The summed E-state index contributed by atoms with van der Waals surface area (Å²) in [6.07, 6.45) is -3.49. The molecular weight excluding hydrogens is 494 g/mol. The van der Waals surface area contributed by atoms with Crippen molar-refractivity contribution in [3.8, 4) is 5.82 Å². The van der Waals surface area contributed by atoms with Crippen LogP contribution >= 0.6 is 34.8 Å². The summed E-state index contributed by atoms with van der Waals surface area (Å²) in [7, 11) is 2.95. The minimum atomic E-state index is -4.79. The van der Waals surface area contributed by atoms with Crippen LogP contribution in [0.4, 0.5) is 18.9 Å². The van der Waals surface area contributed by atoms with Gasteiger partial charge in [0.2, 0.25) is 5.69 Å². The Hall–Kier alpha value is -2.82. The van der Waals surface area contributed by atoms with Gasteiger partial charge < -0.3 is 10.2 Å². The molecule has 0 bridgehead atoms. The molecule has 0 aliphatic rings. The molecule has 0 aliphatic carbocycles. The number of carbonyl (C=O) groups is 2. The van der Waals surface area contributed by atoms with Gasteiger partial charge in [0.25, 0.3) is 11.8 Å². The van der Waals surface area contributed by atoms with Crippen molar-refractivity contribution < 1.29 is 27.4 Å². The van der Waals surface area contributed by atoms with E-state index in [9.17, 15) is 22.8 Å². The number of carbonyl (C=O) groups excluding carboxylic acids is 2. The lowest BCUT2D eigenvalue weighted by Gasteiger charge is -2.16. The Morgan fingerprint density at radius 1 is 1.12 bits per heavy atom. The zero-order valence-corrected chi connectivity index (χ0v) is 18.7. The first-order valence-electron chi connectivity index (χ1n) is 8.75. The molecule has 2 heterocycles. The highest BCUT2D eigenvalue weighted by Crippen LogP contribution is 2.32. The van der Waals surface area contributed by atoms with Crippen LogP contribution in [-0.2, 0) is 6.18 Å². The lowest BCUT2D eigenvalue weighted by Crippen LogP contribution is -2.42. The van der Waals surface area contributed by atoms with Crippen molar-refractivity contribution in [1.29, 1.82) is 0 Å². The van der Waals surface area contributed by atoms with E-state index in [1.54, 1.807) is 0 Å². The molecular formula is C19H14Cl3F3N5O2+. The second-order valence-corrected chi connectivity index (χ2v) is 7.91. The average Bonchev–Trinajstić information content (AvgIpc) is 3.15. The SMILES string of the molecule is CN(C)C(=O)c1cc(Cl)cc(Cl)c1NC(=O)c1cc(C(F)(F)F)[nH][n+]1-c1ncccc1Cl. The maximum atomic E-state index is 13.3. The number of aromatic nitrogens is 3. The van der Waals surface area contributed by atoms with Crippen molar-refractivity contribution >= 4 is 52.3 Å². The summed E-state index contributed by atoms with van der Waals surface area (Å²) in [5.74, 6) is -1.67. The number of aromatic amines is 1. The summed E-state index contributed by atoms with van der Waals surface area (Å²) >= 11 is 18.2. The zero-order valence-electron chi connectivity index (χ0n) is 16.4. The van der Waals surface area contributed by atoms with Gasteiger partial charge in [-0.1, -0.05) is 34.8 Å². The van der Waals surface area contributed by atoms with Crippen LogP contribution in [0, 0.1) is 0 Å². The van der Waals surface area contributed by atoms with E-state index in [0.29, 0.717) is 6.07 Å². The van der Waals surface area contributed by atoms with Crippen LogP contribution in [-0.4, -0.2) is 40.9 Å². The highest BCUT2D eigenvalue weighted by atomic mass is 35.5. The van der Waals surface area contributed by atoms with Crippen LogP contribution in [0.3, 0.4) is 0 Å². The fourth-order valence-electron chi connectivity index (χ4n) is 2.72. The third kappa shape index (κ3) is 4.82. The maximum Gasteiger partial charge on any atom is 0.434 e. The van der Waals surface area contributed by atoms with Crippen LogP contribution in [0.25, 0.3) is 5.82 Å². The van der Waals surface area contributed by atoms with Crippen molar-refractivity contribution in [3.05, 3.63) is 68.5 Å². The molecule has 13 heteroatoms. The molecule has 0 saturated heterocycles. The first-order chi connectivity index (χ1) is 14.9. The summed E-state index contributed by atoms with van der Waals surface area (Å²) in [6.45, 7) is 0. The summed E-state index contributed by atoms with van der Waals surface area (Å²) < 4.78 is 40.8. The number of hydrogen-bond acceptors (Lipinski definition) is 3. The van der Waals surface area contributed by atoms with E-state index in [0.717, 1.165) is 4.68 Å². The van der Waals surface area contributed by atoms with Crippen molar-refractivity contribution in [2.24, 2.45) is 0 Å². The average molecular weight is 508 g/mol. The Morgan fingerprint density at radius 2 is 1.81 bits per heavy atom. The van der Waals surface area contributed by atoms with E-state index in [-0.39, 0.29) is 32.1 Å². The van der Waals surface area contributed by atoms with Gasteiger partial charge in [-0.3, -0.25) is 9.59 Å². The molecule has 32 heavy (non-hydrogen) atoms. The number of alkyl halides is 3. The second-order valence-electron chi connectivity index (χ2n) is 6.66. The fraction of sp³-hybridized carbons (Fsp3) is 0.158. The number of pyridine rings is 1. The summed E-state index contributed by atoms with van der Waals surface area (Å²) in [5, 5.41) is 4.53. The topological polar surface area (TPSA) is 82.0 Å². The number of anilines is 1. The Balaban J connectivity index is 2.13. The van der Waals surface area contributed by atoms with Gasteiger partial charge in [0, 0.05) is 25.2 Å². The molecule has 0 aliphatic heterocycles. The van der Waals surface area contributed by atoms with Crippen molar-refractivity contribution in [2.45, 2.75) is 6.18 Å². The smallest absolute Gasteiger partial charge is 0.345 e. The molecule has 3 aromatic rings. The summed E-state index contributed by atoms with van der Waals surface area (Å²) in [5.41, 5.74) is -1.86. The molecule has 0 atom stereocenters. The predicted octanol–water partition coefficient (Wildman–Crippen LogP) is 4.62. The Bertz CT molecular complexity index is 1210. The van der Waals surface area contributed by atoms with Crippen molar-refractivity contribution in [2.75, 3.05) is 19.4 Å². The Labute approximate surface area is 194 Å². The van der Waals surface area contributed by atoms with Gasteiger partial charge in [0.1, 0.15) is 11.2 Å². The minimum Gasteiger partial charge on any atom is -0.345 e. The van der Waals surface area contributed by atoms with Gasteiger partial charge in [-0.15, -0.1) is 4.68 Å². The third-order valence-corrected chi connectivity index (χ3v) is 4.98. The first kappa shape index (κ1) is 23.8. The lowest BCUT2D eigenvalue weighted by molar-refractivity contribution is -0.661. The second kappa shape index (κ2) is 8.97. The molecule has 7 nitrogen and oxygen atoms in total. The molecule has 1 aromatic carbocycles. The lowest BCUT2D eigenvalue weighted by atomic mass is 10.1. The Kier molecular flexibility index (Phi) is 6.68. The van der Waals surface area contributed by atoms with Crippen LogP contribution in [0.15, 0.2) is 36.5 Å². The van der Waals surface area contributed by atoms with Crippen LogP contribution in [0.5, 0.6) is 0 Å². The number of H-pyrrole nitrogens is 1. The Morgan fingerprint density at radius 3 is 2.41 bits per heavy atom. The van der Waals surface area contributed by atoms with Crippen LogP contribution in [0.2, 0.25) is 15.1 Å². The molecule has 168 valence electrons. The number of hydrogen-bond donors (Lipinski definition) is 2. The molecule has 3 rings (SSSR count). The van der Waals surface area contributed by atoms with E-state index >= 15 is 0 Å². The predicted molar refractivity (Wildman–Crippen MR) is 113 cm³/mol.